The van der Waals surface area contributed by atoms with Crippen molar-refractivity contribution in [3.05, 3.63) is 63.7 Å². The summed E-state index contributed by atoms with van der Waals surface area (Å²) in [6, 6.07) is 10.5. The second kappa shape index (κ2) is 6.89. The zero-order valence-electron chi connectivity index (χ0n) is 13.9. The van der Waals surface area contributed by atoms with E-state index in [1.807, 2.05) is 0 Å². The average molecular weight is 363 g/mol. The van der Waals surface area contributed by atoms with E-state index in [1.165, 1.54) is 31.3 Å². The molecule has 0 fully saturated rings. The summed E-state index contributed by atoms with van der Waals surface area (Å²) in [5.41, 5.74) is 1.21. The molecule has 0 bridgehead atoms. The van der Waals surface area contributed by atoms with Gasteiger partial charge in [-0.25, -0.2) is 8.42 Å². The molecule has 1 amide bonds. The Morgan fingerprint density at radius 1 is 1.20 bits per heavy atom. The van der Waals surface area contributed by atoms with Gasteiger partial charge in [-0.1, -0.05) is 12.1 Å². The molecular formula is C16H17N3O5S. The minimum absolute atomic E-state index is 0.138. The van der Waals surface area contributed by atoms with Crippen LogP contribution in [0.1, 0.15) is 15.9 Å². The van der Waals surface area contributed by atoms with E-state index in [-0.39, 0.29) is 11.3 Å². The van der Waals surface area contributed by atoms with Crippen molar-refractivity contribution in [3.8, 4) is 0 Å². The van der Waals surface area contributed by atoms with E-state index >= 15 is 0 Å². The predicted octanol–water partition coefficient (Wildman–Crippen LogP) is 2.55. The van der Waals surface area contributed by atoms with E-state index < -0.39 is 20.9 Å². The fraction of sp³-hybridized carbons (Fsp3) is 0.188. The first-order chi connectivity index (χ1) is 11.6. The lowest BCUT2D eigenvalue weighted by Gasteiger charge is -2.17. The van der Waals surface area contributed by atoms with E-state index in [0.29, 0.717) is 16.9 Å². The molecule has 9 heteroatoms. The van der Waals surface area contributed by atoms with Gasteiger partial charge >= 0.3 is 0 Å². The molecule has 25 heavy (non-hydrogen) atoms. The van der Waals surface area contributed by atoms with Crippen LogP contribution in [0.2, 0.25) is 0 Å². The minimum Gasteiger partial charge on any atom is -0.322 e. The molecule has 0 atom stereocenters. The Kier molecular flexibility index (Phi) is 5.07. The summed E-state index contributed by atoms with van der Waals surface area (Å²) in [4.78, 5) is 22.7. The highest BCUT2D eigenvalue weighted by molar-refractivity contribution is 7.92. The molecule has 8 nitrogen and oxygen atoms in total. The number of rotatable bonds is 5. The van der Waals surface area contributed by atoms with Crippen LogP contribution in [0.4, 0.5) is 17.1 Å². The lowest BCUT2D eigenvalue weighted by Crippen LogP contribution is -2.24. The number of nitrogens with one attached hydrogen (secondary N) is 1. The van der Waals surface area contributed by atoms with Gasteiger partial charge in [0.1, 0.15) is 0 Å². The fourth-order valence-corrected chi connectivity index (χ4v) is 2.62. The topological polar surface area (TPSA) is 110 Å². The standard InChI is InChI=1S/C16H17N3O5S/c1-11-7-8-12(9-15(11)19(21)22)16(20)17-13-5-4-6-14(10-13)18(2)25(3,23)24/h4-10H,1-3H3,(H,17,20). The normalized spacial score (nSPS) is 11.0. The molecule has 2 rings (SSSR count). The van der Waals surface area contributed by atoms with Crippen LogP contribution in [-0.4, -0.2) is 32.6 Å². The third-order valence-electron chi connectivity index (χ3n) is 3.63. The van der Waals surface area contributed by atoms with Gasteiger partial charge in [0, 0.05) is 29.9 Å². The predicted molar refractivity (Wildman–Crippen MR) is 95.5 cm³/mol. The van der Waals surface area contributed by atoms with E-state index in [9.17, 15) is 23.3 Å². The number of nitro benzene ring substituents is 1. The molecule has 0 radical (unpaired) electrons. The highest BCUT2D eigenvalue weighted by atomic mass is 32.2. The first-order valence-electron chi connectivity index (χ1n) is 7.20. The summed E-state index contributed by atoms with van der Waals surface area (Å²) in [5.74, 6) is -0.526. The number of carbonyl (C=O) groups is 1. The number of benzene rings is 2. The van der Waals surface area contributed by atoms with Crippen molar-refractivity contribution >= 4 is 33.0 Å². The van der Waals surface area contributed by atoms with Crippen molar-refractivity contribution in [2.24, 2.45) is 0 Å². The minimum atomic E-state index is -3.43. The monoisotopic (exact) mass is 363 g/mol. The van der Waals surface area contributed by atoms with Gasteiger partial charge in [-0.15, -0.1) is 0 Å². The van der Waals surface area contributed by atoms with Crippen molar-refractivity contribution in [2.75, 3.05) is 22.9 Å². The second-order valence-corrected chi connectivity index (χ2v) is 7.51. The summed E-state index contributed by atoms with van der Waals surface area (Å²) >= 11 is 0. The first-order valence-corrected chi connectivity index (χ1v) is 9.05. The smallest absolute Gasteiger partial charge is 0.273 e. The quantitative estimate of drug-likeness (QED) is 0.648. The van der Waals surface area contributed by atoms with Gasteiger partial charge in [-0.3, -0.25) is 19.2 Å². The summed E-state index contributed by atoms with van der Waals surface area (Å²) in [7, 11) is -2.03. The fourth-order valence-electron chi connectivity index (χ4n) is 2.12. The molecule has 2 aromatic carbocycles. The first kappa shape index (κ1) is 18.4. The van der Waals surface area contributed by atoms with Crippen molar-refractivity contribution in [3.63, 3.8) is 0 Å². The molecule has 1 N–H and O–H groups in total. The number of nitro groups is 1. The zero-order valence-corrected chi connectivity index (χ0v) is 14.7. The van der Waals surface area contributed by atoms with Crippen molar-refractivity contribution in [1.82, 2.24) is 0 Å². The highest BCUT2D eigenvalue weighted by Crippen LogP contribution is 2.23. The Morgan fingerprint density at radius 3 is 2.48 bits per heavy atom. The van der Waals surface area contributed by atoms with E-state index in [2.05, 4.69) is 5.32 Å². The number of hydrogen-bond acceptors (Lipinski definition) is 5. The molecule has 0 saturated carbocycles. The van der Waals surface area contributed by atoms with Crippen LogP contribution in [0.5, 0.6) is 0 Å². The number of nitrogens with zero attached hydrogens (tertiary/aromatic N) is 2. The largest absolute Gasteiger partial charge is 0.322 e. The molecule has 0 aromatic heterocycles. The Hall–Kier alpha value is -2.94. The van der Waals surface area contributed by atoms with Crippen molar-refractivity contribution < 1.29 is 18.1 Å². The Balaban J connectivity index is 2.27. The van der Waals surface area contributed by atoms with Gasteiger partial charge in [0.05, 0.1) is 16.9 Å². The third-order valence-corrected chi connectivity index (χ3v) is 4.84. The van der Waals surface area contributed by atoms with Crippen LogP contribution in [0.15, 0.2) is 42.5 Å². The summed E-state index contributed by atoms with van der Waals surface area (Å²) in [6.45, 7) is 1.59. The summed E-state index contributed by atoms with van der Waals surface area (Å²) < 4.78 is 24.3. The number of carbonyl (C=O) groups excluding carboxylic acids is 1. The van der Waals surface area contributed by atoms with Crippen LogP contribution < -0.4 is 9.62 Å². The molecule has 0 aliphatic rings. The van der Waals surface area contributed by atoms with Gasteiger partial charge in [-0.05, 0) is 31.2 Å². The summed E-state index contributed by atoms with van der Waals surface area (Å²) in [5, 5.41) is 13.6. The van der Waals surface area contributed by atoms with E-state index in [0.717, 1.165) is 10.6 Å². The highest BCUT2D eigenvalue weighted by Gasteiger charge is 2.16. The molecule has 0 aliphatic heterocycles. The van der Waals surface area contributed by atoms with Crippen LogP contribution >= 0.6 is 0 Å². The van der Waals surface area contributed by atoms with Crippen molar-refractivity contribution in [1.29, 1.82) is 0 Å². The molecule has 0 unspecified atom stereocenters. The maximum absolute atomic E-state index is 12.3. The van der Waals surface area contributed by atoms with Gasteiger partial charge in [0.25, 0.3) is 11.6 Å². The number of sulfonamides is 1. The second-order valence-electron chi connectivity index (χ2n) is 5.49. The maximum atomic E-state index is 12.3. The van der Waals surface area contributed by atoms with Gasteiger partial charge < -0.3 is 5.32 Å². The Morgan fingerprint density at radius 2 is 1.88 bits per heavy atom. The molecule has 132 valence electrons. The van der Waals surface area contributed by atoms with E-state index in [1.54, 1.807) is 25.1 Å². The molecule has 0 spiro atoms. The summed E-state index contributed by atoms with van der Waals surface area (Å²) in [6.07, 6.45) is 1.07. The Labute approximate surface area is 145 Å². The number of aryl methyl sites for hydroxylation is 1. The van der Waals surface area contributed by atoms with Crippen LogP contribution in [-0.2, 0) is 10.0 Å². The Bertz CT molecular complexity index is 941. The molecule has 0 saturated heterocycles. The third kappa shape index (κ3) is 4.32. The van der Waals surface area contributed by atoms with Crippen LogP contribution in [0, 0.1) is 17.0 Å². The molecular weight excluding hydrogens is 346 g/mol. The lowest BCUT2D eigenvalue weighted by atomic mass is 10.1. The van der Waals surface area contributed by atoms with Crippen molar-refractivity contribution in [2.45, 2.75) is 6.92 Å². The molecule has 0 heterocycles. The van der Waals surface area contributed by atoms with Gasteiger partial charge in [0.2, 0.25) is 10.0 Å². The lowest BCUT2D eigenvalue weighted by molar-refractivity contribution is -0.385. The van der Waals surface area contributed by atoms with Crippen LogP contribution in [0.25, 0.3) is 0 Å². The number of anilines is 2. The number of hydrogen-bond donors (Lipinski definition) is 1. The van der Waals surface area contributed by atoms with Gasteiger partial charge in [-0.2, -0.15) is 0 Å². The average Bonchev–Trinajstić information content (AvgIpc) is 2.53. The van der Waals surface area contributed by atoms with E-state index in [4.69, 9.17) is 0 Å². The zero-order chi connectivity index (χ0) is 18.8. The van der Waals surface area contributed by atoms with Gasteiger partial charge in [0.15, 0.2) is 0 Å². The molecule has 2 aromatic rings. The van der Waals surface area contributed by atoms with Crippen LogP contribution in [0.3, 0.4) is 0 Å². The number of amides is 1. The maximum Gasteiger partial charge on any atom is 0.273 e. The SMILES string of the molecule is Cc1ccc(C(=O)Nc2cccc(N(C)S(C)(=O)=O)c2)cc1[N+](=O)[O-]. The molecule has 0 aliphatic carbocycles.